The first-order valence-electron chi connectivity index (χ1n) is 24.2. The van der Waals surface area contributed by atoms with E-state index in [1.807, 2.05) is 0 Å². The summed E-state index contributed by atoms with van der Waals surface area (Å²) in [5, 5.41) is 0. The Labute approximate surface area is 349 Å². The summed E-state index contributed by atoms with van der Waals surface area (Å²) in [5.74, 6) is 0.0274. The van der Waals surface area contributed by atoms with E-state index < -0.39 is 0 Å². The summed E-state index contributed by atoms with van der Waals surface area (Å²) in [6, 6.07) is 0. The first-order valence-corrected chi connectivity index (χ1v) is 24.2. The number of rotatable bonds is 44. The third-order valence-electron chi connectivity index (χ3n) is 10.5. The highest BCUT2D eigenvalue weighted by molar-refractivity contribution is 5.69. The van der Waals surface area contributed by atoms with Gasteiger partial charge in [-0.15, -0.1) is 0 Å². The van der Waals surface area contributed by atoms with Gasteiger partial charge in [0, 0.05) is 13.0 Å². The van der Waals surface area contributed by atoms with Gasteiger partial charge in [0.2, 0.25) is 0 Å². The van der Waals surface area contributed by atoms with Crippen molar-refractivity contribution in [3.05, 3.63) is 0 Å². The Kier molecular flexibility index (Phi) is 58.0. The fraction of sp³-hybridized carbons (Fsp3) is 0.938. The monoisotopic (exact) mass is 799 g/mol. The van der Waals surface area contributed by atoms with E-state index in [0.717, 1.165) is 58.2 Å². The SMILES string of the molecule is CCCCCCCCC(CCCCCCCC)OC(=O)CCCCCCCN(CCCCCCCC)CCCOC=O.CCCCCCCCCOC=O.CN. The van der Waals surface area contributed by atoms with Gasteiger partial charge in [0.15, 0.2) is 0 Å². The van der Waals surface area contributed by atoms with Crippen LogP contribution in [0.4, 0.5) is 0 Å². The Bertz CT molecular complexity index is 724. The number of hydrogen-bond acceptors (Lipinski definition) is 8. The molecule has 0 radical (unpaired) electrons. The van der Waals surface area contributed by atoms with E-state index in [9.17, 15) is 14.4 Å². The number of nitrogens with two attached hydrogens (primary N) is 1. The molecule has 0 rings (SSSR count). The van der Waals surface area contributed by atoms with Crippen molar-refractivity contribution in [1.29, 1.82) is 0 Å². The van der Waals surface area contributed by atoms with E-state index in [0.29, 0.717) is 32.6 Å². The molecule has 0 aliphatic rings. The van der Waals surface area contributed by atoms with Crippen LogP contribution in [-0.4, -0.2) is 69.8 Å². The fourth-order valence-electron chi connectivity index (χ4n) is 7.01. The lowest BCUT2D eigenvalue weighted by molar-refractivity contribution is -0.150. The van der Waals surface area contributed by atoms with E-state index in [1.54, 1.807) is 0 Å². The largest absolute Gasteiger partial charge is 0.468 e. The highest BCUT2D eigenvalue weighted by Crippen LogP contribution is 2.18. The van der Waals surface area contributed by atoms with Gasteiger partial charge in [-0.3, -0.25) is 14.4 Å². The summed E-state index contributed by atoms with van der Waals surface area (Å²) in [6.07, 6.45) is 41.6. The van der Waals surface area contributed by atoms with Crippen LogP contribution in [0.25, 0.3) is 0 Å². The van der Waals surface area contributed by atoms with Crippen molar-refractivity contribution in [3.63, 3.8) is 0 Å². The molecule has 0 amide bonds. The molecule has 8 nitrogen and oxygen atoms in total. The van der Waals surface area contributed by atoms with Crippen LogP contribution in [0, 0.1) is 0 Å². The van der Waals surface area contributed by atoms with E-state index in [1.165, 1.54) is 180 Å². The molecule has 0 spiro atoms. The lowest BCUT2D eigenvalue weighted by Crippen LogP contribution is -2.28. The summed E-state index contributed by atoms with van der Waals surface area (Å²) in [5.41, 5.74) is 4.50. The molecule has 2 N–H and O–H groups in total. The van der Waals surface area contributed by atoms with Gasteiger partial charge in [-0.2, -0.15) is 0 Å². The zero-order valence-electron chi connectivity index (χ0n) is 38.3. The lowest BCUT2D eigenvalue weighted by Gasteiger charge is -2.22. The number of unbranched alkanes of at least 4 members (excludes halogenated alkanes) is 25. The molecule has 0 saturated heterocycles. The predicted octanol–water partition coefficient (Wildman–Crippen LogP) is 13.5. The number of ether oxygens (including phenoxy) is 3. The Hall–Kier alpha value is -1.67. The van der Waals surface area contributed by atoms with Gasteiger partial charge in [0.05, 0.1) is 13.2 Å². The molecule has 0 aliphatic carbocycles. The summed E-state index contributed by atoms with van der Waals surface area (Å²) >= 11 is 0. The van der Waals surface area contributed by atoms with Crippen LogP contribution in [0.1, 0.15) is 246 Å². The Balaban J connectivity index is -0.00000169. The van der Waals surface area contributed by atoms with Gasteiger partial charge >= 0.3 is 5.97 Å². The Morgan fingerprint density at radius 1 is 0.446 bits per heavy atom. The van der Waals surface area contributed by atoms with Gasteiger partial charge in [-0.1, -0.05) is 182 Å². The minimum Gasteiger partial charge on any atom is -0.468 e. The number of carbonyl (C=O) groups excluding carboxylic acids is 3. The topological polar surface area (TPSA) is 108 Å². The van der Waals surface area contributed by atoms with Crippen LogP contribution in [0.15, 0.2) is 0 Å². The molecule has 56 heavy (non-hydrogen) atoms. The van der Waals surface area contributed by atoms with Crippen LogP contribution in [0.2, 0.25) is 0 Å². The highest BCUT2D eigenvalue weighted by atomic mass is 16.5. The van der Waals surface area contributed by atoms with Crippen molar-refractivity contribution in [3.8, 4) is 0 Å². The Morgan fingerprint density at radius 2 is 0.768 bits per heavy atom. The fourth-order valence-corrected chi connectivity index (χ4v) is 7.01. The second kappa shape index (κ2) is 55.4. The zero-order valence-corrected chi connectivity index (χ0v) is 38.3. The van der Waals surface area contributed by atoms with Crippen molar-refractivity contribution in [2.75, 3.05) is 39.9 Å². The normalized spacial score (nSPS) is 10.8. The minimum absolute atomic E-state index is 0.0274. The average molecular weight is 799 g/mol. The lowest BCUT2D eigenvalue weighted by atomic mass is 10.0. The molecule has 0 aliphatic heterocycles. The van der Waals surface area contributed by atoms with Crippen LogP contribution < -0.4 is 5.73 Å². The van der Waals surface area contributed by atoms with Crippen LogP contribution in [0.3, 0.4) is 0 Å². The van der Waals surface area contributed by atoms with Crippen LogP contribution in [0.5, 0.6) is 0 Å². The molecular weight excluding hydrogens is 701 g/mol. The second-order valence-electron chi connectivity index (χ2n) is 15.8. The van der Waals surface area contributed by atoms with Crippen molar-refractivity contribution in [2.45, 2.75) is 252 Å². The highest BCUT2D eigenvalue weighted by Gasteiger charge is 2.14. The standard InChI is InChI=1S/C37H73NO4.C10H20O2.CH5N/c1-4-7-10-13-17-22-28-36(29-23-18-14-11-8-5-2)42-37(40)30-24-19-16-21-26-32-38(33-27-34-41-35-39)31-25-20-15-12-9-6-3;1-2-3-4-5-6-7-8-9-12-10-11;1-2/h35-36H,4-34H2,1-3H3;10H,2-9H2,1H3;2H2,1H3. The summed E-state index contributed by atoms with van der Waals surface area (Å²) < 4.78 is 15.5. The molecule has 0 fully saturated rings. The van der Waals surface area contributed by atoms with E-state index in [4.69, 9.17) is 9.47 Å². The third kappa shape index (κ3) is 52.3. The molecule has 336 valence electrons. The van der Waals surface area contributed by atoms with E-state index >= 15 is 0 Å². The quantitative estimate of drug-likeness (QED) is 0.0281. The maximum absolute atomic E-state index is 12.6. The van der Waals surface area contributed by atoms with Crippen molar-refractivity contribution < 1.29 is 28.6 Å². The maximum atomic E-state index is 12.6. The number of carbonyl (C=O) groups is 3. The van der Waals surface area contributed by atoms with Crippen LogP contribution >= 0.6 is 0 Å². The molecule has 8 heteroatoms. The number of hydrogen-bond donors (Lipinski definition) is 1. The molecular formula is C48H98N2O6. The van der Waals surface area contributed by atoms with E-state index in [2.05, 4.69) is 43.1 Å². The van der Waals surface area contributed by atoms with Crippen molar-refractivity contribution in [1.82, 2.24) is 4.90 Å². The Morgan fingerprint density at radius 3 is 1.18 bits per heavy atom. The second-order valence-corrected chi connectivity index (χ2v) is 15.8. The van der Waals surface area contributed by atoms with Crippen LogP contribution in [-0.2, 0) is 28.6 Å². The first-order chi connectivity index (χ1) is 27.6. The predicted molar refractivity (Wildman–Crippen MR) is 240 cm³/mol. The summed E-state index contributed by atoms with van der Waals surface area (Å²) in [6.45, 7) is 14.5. The smallest absolute Gasteiger partial charge is 0.306 e. The van der Waals surface area contributed by atoms with Gasteiger partial charge < -0.3 is 24.8 Å². The van der Waals surface area contributed by atoms with E-state index in [-0.39, 0.29) is 12.1 Å². The van der Waals surface area contributed by atoms with Gasteiger partial charge in [-0.25, -0.2) is 0 Å². The summed E-state index contributed by atoms with van der Waals surface area (Å²) in [7, 11) is 1.50. The first kappa shape index (κ1) is 58.6. The third-order valence-corrected chi connectivity index (χ3v) is 10.5. The minimum atomic E-state index is 0.0274. The maximum Gasteiger partial charge on any atom is 0.306 e. The average Bonchev–Trinajstić information content (AvgIpc) is 3.21. The van der Waals surface area contributed by atoms with Gasteiger partial charge in [-0.05, 0) is 77.9 Å². The molecule has 0 atom stereocenters. The molecule has 0 aromatic rings. The molecule has 0 aromatic carbocycles. The van der Waals surface area contributed by atoms with Gasteiger partial charge in [0.25, 0.3) is 12.9 Å². The number of esters is 1. The van der Waals surface area contributed by atoms with Crippen molar-refractivity contribution in [2.24, 2.45) is 5.73 Å². The van der Waals surface area contributed by atoms with Crippen molar-refractivity contribution >= 4 is 18.9 Å². The molecule has 0 saturated carbocycles. The van der Waals surface area contributed by atoms with Gasteiger partial charge in [0.1, 0.15) is 6.10 Å². The molecule has 0 bridgehead atoms. The summed E-state index contributed by atoms with van der Waals surface area (Å²) in [4.78, 5) is 35.4. The molecule has 0 heterocycles. The molecule has 0 aromatic heterocycles. The zero-order chi connectivity index (χ0) is 41.8. The molecule has 0 unspecified atom stereocenters. The number of nitrogens with zero attached hydrogens (tertiary/aromatic N) is 1.